The largest absolute Gasteiger partial charge is 0.317 e. The summed E-state index contributed by atoms with van der Waals surface area (Å²) in [7, 11) is 2.31. The van der Waals surface area contributed by atoms with Crippen molar-refractivity contribution in [3.8, 4) is 0 Å². The average Bonchev–Trinajstić information content (AvgIpc) is 2.30. The van der Waals surface area contributed by atoms with E-state index in [4.69, 9.17) is 0 Å². The van der Waals surface area contributed by atoms with Gasteiger partial charge in [-0.2, -0.15) is 11.8 Å². The predicted octanol–water partition coefficient (Wildman–Crippen LogP) is 2.84. The van der Waals surface area contributed by atoms with Gasteiger partial charge < -0.3 is 10.2 Å². The minimum absolute atomic E-state index is 0.585. The van der Waals surface area contributed by atoms with Crippen LogP contribution in [0.2, 0.25) is 0 Å². The second kappa shape index (κ2) is 7.65. The number of rotatable bonds is 7. The Morgan fingerprint density at radius 3 is 2.53 bits per heavy atom. The fourth-order valence-corrected chi connectivity index (χ4v) is 3.76. The summed E-state index contributed by atoms with van der Waals surface area (Å²) in [6.45, 7) is 8.39. The number of hydrogen-bond donors (Lipinski definition) is 1. The Balaban J connectivity index is 2.52. The molecule has 0 aromatic heterocycles. The zero-order chi connectivity index (χ0) is 12.7. The zero-order valence-corrected chi connectivity index (χ0v) is 12.9. The summed E-state index contributed by atoms with van der Waals surface area (Å²) in [5, 5.41) is 3.50. The molecular weight excluding hydrogens is 228 g/mol. The van der Waals surface area contributed by atoms with Crippen LogP contribution in [0.4, 0.5) is 0 Å². The van der Waals surface area contributed by atoms with E-state index in [1.54, 1.807) is 0 Å². The smallest absolute Gasteiger partial charge is 0.0155 e. The van der Waals surface area contributed by atoms with Crippen LogP contribution in [0.3, 0.4) is 0 Å². The Labute approximate surface area is 112 Å². The van der Waals surface area contributed by atoms with E-state index in [9.17, 15) is 0 Å². The van der Waals surface area contributed by atoms with Gasteiger partial charge in [-0.15, -0.1) is 0 Å². The van der Waals surface area contributed by atoms with Crippen molar-refractivity contribution in [1.29, 1.82) is 0 Å². The summed E-state index contributed by atoms with van der Waals surface area (Å²) in [5.74, 6) is 1.25. The molecule has 0 bridgehead atoms. The first kappa shape index (κ1) is 15.3. The summed E-state index contributed by atoms with van der Waals surface area (Å²) in [5.41, 5.74) is 0.585. The van der Waals surface area contributed by atoms with E-state index in [2.05, 4.69) is 37.4 Å². The lowest BCUT2D eigenvalue weighted by atomic mass is 9.75. The highest BCUT2D eigenvalue weighted by atomic mass is 32.2. The highest BCUT2D eigenvalue weighted by molar-refractivity contribution is 7.98. The van der Waals surface area contributed by atoms with Crippen molar-refractivity contribution in [2.24, 2.45) is 5.41 Å². The van der Waals surface area contributed by atoms with Crippen LogP contribution in [-0.2, 0) is 0 Å². The summed E-state index contributed by atoms with van der Waals surface area (Å²) in [4.78, 5) is 2.58. The monoisotopic (exact) mass is 258 g/mol. The molecule has 0 radical (unpaired) electrons. The Bertz CT molecular complexity index is 197. The fourth-order valence-electron chi connectivity index (χ4n) is 3.03. The lowest BCUT2D eigenvalue weighted by molar-refractivity contribution is 0.101. The van der Waals surface area contributed by atoms with E-state index in [1.807, 2.05) is 11.8 Å². The third-order valence-corrected chi connectivity index (χ3v) is 5.01. The van der Waals surface area contributed by atoms with Crippen LogP contribution >= 0.6 is 11.8 Å². The predicted molar refractivity (Wildman–Crippen MR) is 79.9 cm³/mol. The summed E-state index contributed by atoms with van der Waals surface area (Å²) >= 11 is 1.96. The second-order valence-corrected chi connectivity index (χ2v) is 6.63. The molecule has 1 rings (SSSR count). The fraction of sp³-hybridized carbons (Fsp3) is 1.00. The maximum absolute atomic E-state index is 3.50. The first-order valence-corrected chi connectivity index (χ1v) is 8.43. The zero-order valence-electron chi connectivity index (χ0n) is 12.1. The molecule has 1 aliphatic heterocycles. The van der Waals surface area contributed by atoms with Crippen molar-refractivity contribution in [3.63, 3.8) is 0 Å². The summed E-state index contributed by atoms with van der Waals surface area (Å²) in [6.07, 6.45) is 7.64. The molecule has 0 amide bonds. The van der Waals surface area contributed by atoms with Crippen molar-refractivity contribution in [2.75, 3.05) is 38.7 Å². The van der Waals surface area contributed by atoms with Gasteiger partial charge >= 0.3 is 0 Å². The lowest BCUT2D eigenvalue weighted by Crippen LogP contribution is -2.46. The van der Waals surface area contributed by atoms with E-state index < -0.39 is 0 Å². The van der Waals surface area contributed by atoms with Crippen LogP contribution < -0.4 is 5.32 Å². The minimum Gasteiger partial charge on any atom is -0.317 e. The molecule has 1 saturated heterocycles. The van der Waals surface area contributed by atoms with Crippen molar-refractivity contribution < 1.29 is 0 Å². The van der Waals surface area contributed by atoms with Crippen molar-refractivity contribution in [2.45, 2.75) is 45.6 Å². The maximum Gasteiger partial charge on any atom is 0.0155 e. The second-order valence-electron chi connectivity index (χ2n) is 5.72. The molecule has 102 valence electrons. The molecule has 0 spiro atoms. The number of piperidine rings is 1. The van der Waals surface area contributed by atoms with Crippen LogP contribution in [0, 0.1) is 5.41 Å². The normalized spacial score (nSPS) is 21.7. The highest BCUT2D eigenvalue weighted by Crippen LogP contribution is 2.35. The SMILES string of the molecule is CCCC1(CN(C)C(C)CSC)CCNCC1. The molecule has 2 nitrogen and oxygen atoms in total. The van der Waals surface area contributed by atoms with Gasteiger partial charge in [-0.25, -0.2) is 0 Å². The van der Waals surface area contributed by atoms with Gasteiger partial charge in [0.1, 0.15) is 0 Å². The summed E-state index contributed by atoms with van der Waals surface area (Å²) in [6, 6.07) is 0.702. The van der Waals surface area contributed by atoms with Gasteiger partial charge in [0.2, 0.25) is 0 Å². The third kappa shape index (κ3) is 4.80. The van der Waals surface area contributed by atoms with Crippen LogP contribution in [-0.4, -0.2) is 49.6 Å². The minimum atomic E-state index is 0.585. The van der Waals surface area contributed by atoms with Gasteiger partial charge in [0.15, 0.2) is 0 Å². The van der Waals surface area contributed by atoms with Crippen molar-refractivity contribution in [3.05, 3.63) is 0 Å². The molecule has 1 N–H and O–H groups in total. The molecule has 0 aliphatic carbocycles. The van der Waals surface area contributed by atoms with Gasteiger partial charge in [-0.3, -0.25) is 0 Å². The molecule has 1 heterocycles. The molecule has 0 saturated carbocycles. The van der Waals surface area contributed by atoms with Crippen LogP contribution in [0.1, 0.15) is 39.5 Å². The Morgan fingerprint density at radius 1 is 1.35 bits per heavy atom. The molecule has 1 aliphatic rings. The number of nitrogens with zero attached hydrogens (tertiary/aromatic N) is 1. The third-order valence-electron chi connectivity index (χ3n) is 4.19. The van der Waals surface area contributed by atoms with E-state index in [-0.39, 0.29) is 0 Å². The van der Waals surface area contributed by atoms with Gasteiger partial charge in [-0.05, 0) is 58.0 Å². The van der Waals surface area contributed by atoms with Gasteiger partial charge in [-0.1, -0.05) is 13.3 Å². The summed E-state index contributed by atoms with van der Waals surface area (Å²) < 4.78 is 0. The molecule has 1 fully saturated rings. The molecule has 0 aromatic rings. The topological polar surface area (TPSA) is 15.3 Å². The molecule has 1 unspecified atom stereocenters. The Hall–Kier alpha value is 0.270. The maximum atomic E-state index is 3.50. The molecular formula is C14H30N2S. The first-order chi connectivity index (χ1) is 8.13. The number of nitrogens with one attached hydrogen (secondary N) is 1. The van der Waals surface area contributed by atoms with Crippen molar-refractivity contribution in [1.82, 2.24) is 10.2 Å². The van der Waals surface area contributed by atoms with E-state index in [0.717, 1.165) is 0 Å². The lowest BCUT2D eigenvalue weighted by Gasteiger charge is -2.42. The van der Waals surface area contributed by atoms with Crippen LogP contribution in [0.15, 0.2) is 0 Å². The highest BCUT2D eigenvalue weighted by Gasteiger charge is 2.32. The van der Waals surface area contributed by atoms with Gasteiger partial charge in [0.05, 0.1) is 0 Å². The van der Waals surface area contributed by atoms with Crippen molar-refractivity contribution >= 4 is 11.8 Å². The Kier molecular flexibility index (Phi) is 6.90. The quantitative estimate of drug-likeness (QED) is 0.756. The molecule has 3 heteroatoms. The molecule has 17 heavy (non-hydrogen) atoms. The standard InChI is InChI=1S/C14H30N2S/c1-5-6-14(7-9-15-10-8-14)12-16(3)13(2)11-17-4/h13,15H,5-12H2,1-4H3. The number of thioether (sulfide) groups is 1. The van der Waals surface area contributed by atoms with Crippen LogP contribution in [0.5, 0.6) is 0 Å². The van der Waals surface area contributed by atoms with E-state index >= 15 is 0 Å². The average molecular weight is 258 g/mol. The van der Waals surface area contributed by atoms with Gasteiger partial charge in [0, 0.05) is 18.3 Å². The van der Waals surface area contributed by atoms with Crippen LogP contribution in [0.25, 0.3) is 0 Å². The van der Waals surface area contributed by atoms with E-state index in [0.29, 0.717) is 11.5 Å². The van der Waals surface area contributed by atoms with Gasteiger partial charge in [0.25, 0.3) is 0 Å². The van der Waals surface area contributed by atoms with E-state index in [1.165, 1.54) is 51.1 Å². The first-order valence-electron chi connectivity index (χ1n) is 7.03. The molecule has 0 aromatic carbocycles. The molecule has 1 atom stereocenters. The number of hydrogen-bond acceptors (Lipinski definition) is 3. The Morgan fingerprint density at radius 2 is 2.00 bits per heavy atom.